The summed E-state index contributed by atoms with van der Waals surface area (Å²) in [6, 6.07) is 48.4. The van der Waals surface area contributed by atoms with Gasteiger partial charge >= 0.3 is 0 Å². The van der Waals surface area contributed by atoms with Crippen LogP contribution in [0.5, 0.6) is 0 Å². The lowest BCUT2D eigenvalue weighted by molar-refractivity contribution is 1.29. The van der Waals surface area contributed by atoms with Crippen LogP contribution >= 0.6 is 38.6 Å². The number of hydrogen-bond donors (Lipinski definition) is 0. The Morgan fingerprint density at radius 1 is 0.452 bits per heavy atom. The molecule has 0 fully saturated rings. The second-order valence-electron chi connectivity index (χ2n) is 9.93. The fourth-order valence-corrected chi connectivity index (χ4v) is 8.50. The van der Waals surface area contributed by atoms with Gasteiger partial charge < -0.3 is 4.90 Å². The minimum atomic E-state index is 1.12. The second-order valence-corrected chi connectivity index (χ2v) is 12.9. The van der Waals surface area contributed by atoms with Gasteiger partial charge in [-0.3, -0.25) is 0 Å². The van der Waals surface area contributed by atoms with Gasteiger partial charge in [-0.1, -0.05) is 92.7 Å². The molecule has 0 atom stereocenters. The van der Waals surface area contributed by atoms with E-state index >= 15 is 0 Å². The minimum absolute atomic E-state index is 1.12. The van der Waals surface area contributed by atoms with Crippen molar-refractivity contribution in [3.63, 3.8) is 0 Å². The first-order chi connectivity index (χ1) is 20.7. The first-order valence-electron chi connectivity index (χ1n) is 14.2. The maximum atomic E-state index is 3.93. The lowest BCUT2D eigenvalue weighted by Gasteiger charge is -2.26. The molecule has 6 aromatic carbocycles. The van der Waals surface area contributed by atoms with Crippen molar-refractivity contribution in [2.24, 2.45) is 0 Å². The van der Waals surface area contributed by atoms with Crippen molar-refractivity contribution in [1.82, 2.24) is 0 Å². The average molecular weight is 643 g/mol. The van der Waals surface area contributed by atoms with Crippen LogP contribution in [-0.4, -0.2) is 0 Å². The molecule has 42 heavy (non-hydrogen) atoms. The summed E-state index contributed by atoms with van der Waals surface area (Å²) in [5.41, 5.74) is 5.85. The molecule has 0 unspecified atom stereocenters. The van der Waals surface area contributed by atoms with Crippen LogP contribution in [0.15, 0.2) is 138 Å². The van der Waals surface area contributed by atoms with E-state index in [9.17, 15) is 0 Å². The van der Waals surface area contributed by atoms with Crippen LogP contribution in [0, 0.1) is 0 Å². The number of rotatable bonds is 4. The molecular weight excluding hydrogens is 614 g/mol. The van der Waals surface area contributed by atoms with Crippen LogP contribution in [0.25, 0.3) is 51.5 Å². The molecule has 0 N–H and O–H groups in total. The zero-order chi connectivity index (χ0) is 28.6. The van der Waals surface area contributed by atoms with Crippen LogP contribution in [0.2, 0.25) is 0 Å². The fraction of sp³-hybridized carbons (Fsp3) is 0.0526. The molecule has 8 aromatic rings. The summed E-state index contributed by atoms with van der Waals surface area (Å²) in [6.07, 6.45) is 0. The number of benzene rings is 6. The van der Waals surface area contributed by atoms with Crippen LogP contribution in [0.1, 0.15) is 13.8 Å². The van der Waals surface area contributed by atoms with Gasteiger partial charge in [0, 0.05) is 61.9 Å². The average Bonchev–Trinajstić information content (AvgIpc) is 3.62. The number of halogens is 1. The SMILES string of the molecule is Brc1cc(N(c2ccc(-c3ccccc3)cc2)c2ccc3sc4ccccc4c3c2)cc2c1sc1ccccc12.CC. The van der Waals surface area contributed by atoms with Crippen molar-refractivity contribution in [2.75, 3.05) is 4.90 Å². The largest absolute Gasteiger partial charge is 0.310 e. The summed E-state index contributed by atoms with van der Waals surface area (Å²) in [7, 11) is 0. The third kappa shape index (κ3) is 4.70. The Morgan fingerprint density at radius 3 is 1.74 bits per heavy atom. The van der Waals surface area contributed by atoms with E-state index < -0.39 is 0 Å². The van der Waals surface area contributed by atoms with Gasteiger partial charge in [-0.15, -0.1) is 22.7 Å². The van der Waals surface area contributed by atoms with Gasteiger partial charge in [0.2, 0.25) is 0 Å². The molecule has 204 valence electrons. The molecule has 2 heterocycles. The molecule has 0 spiro atoms. The fourth-order valence-electron chi connectivity index (χ4n) is 5.63. The minimum Gasteiger partial charge on any atom is -0.310 e. The highest BCUT2D eigenvalue weighted by molar-refractivity contribution is 9.10. The highest BCUT2D eigenvalue weighted by Gasteiger charge is 2.18. The molecule has 0 amide bonds. The van der Waals surface area contributed by atoms with Crippen molar-refractivity contribution < 1.29 is 0 Å². The van der Waals surface area contributed by atoms with Gasteiger partial charge in [0.15, 0.2) is 0 Å². The molecule has 2 aromatic heterocycles. The number of nitrogens with zero attached hydrogens (tertiary/aromatic N) is 1. The smallest absolute Gasteiger partial charge is 0.0499 e. The van der Waals surface area contributed by atoms with Crippen molar-refractivity contribution in [1.29, 1.82) is 0 Å². The normalized spacial score (nSPS) is 11.2. The zero-order valence-electron chi connectivity index (χ0n) is 23.3. The predicted octanol–water partition coefficient (Wildman–Crippen LogP) is 13.3. The van der Waals surface area contributed by atoms with Gasteiger partial charge in [0.05, 0.1) is 0 Å². The van der Waals surface area contributed by atoms with Gasteiger partial charge in [-0.05, 0) is 81.7 Å². The Kier molecular flexibility index (Phi) is 7.29. The summed E-state index contributed by atoms with van der Waals surface area (Å²) in [4.78, 5) is 2.39. The highest BCUT2D eigenvalue weighted by Crippen LogP contribution is 2.45. The maximum Gasteiger partial charge on any atom is 0.0499 e. The van der Waals surface area contributed by atoms with E-state index in [1.165, 1.54) is 51.5 Å². The summed E-state index contributed by atoms with van der Waals surface area (Å²) >= 11 is 7.63. The topological polar surface area (TPSA) is 3.24 Å². The molecule has 1 nitrogen and oxygen atoms in total. The lowest BCUT2D eigenvalue weighted by atomic mass is 10.0. The van der Waals surface area contributed by atoms with Gasteiger partial charge in [-0.25, -0.2) is 0 Å². The lowest BCUT2D eigenvalue weighted by Crippen LogP contribution is -2.10. The number of thiophene rings is 2. The predicted molar refractivity (Wildman–Crippen MR) is 191 cm³/mol. The van der Waals surface area contributed by atoms with Crippen molar-refractivity contribution >= 4 is 96.0 Å². The van der Waals surface area contributed by atoms with E-state index in [-0.39, 0.29) is 0 Å². The van der Waals surface area contributed by atoms with Crippen LogP contribution in [-0.2, 0) is 0 Å². The molecule has 0 saturated carbocycles. The Labute approximate surface area is 262 Å². The van der Waals surface area contributed by atoms with Crippen molar-refractivity contribution in [2.45, 2.75) is 13.8 Å². The molecule has 0 aliphatic carbocycles. The Hall–Kier alpha value is -3.96. The van der Waals surface area contributed by atoms with Crippen LogP contribution in [0.3, 0.4) is 0 Å². The van der Waals surface area contributed by atoms with Crippen molar-refractivity contribution in [3.8, 4) is 11.1 Å². The second kappa shape index (κ2) is 11.4. The molecule has 0 saturated heterocycles. The highest BCUT2D eigenvalue weighted by atomic mass is 79.9. The quantitative estimate of drug-likeness (QED) is 0.185. The van der Waals surface area contributed by atoms with E-state index in [0.717, 1.165) is 21.5 Å². The summed E-state index contributed by atoms with van der Waals surface area (Å²) in [6.45, 7) is 4.00. The third-order valence-electron chi connectivity index (χ3n) is 7.53. The number of fused-ring (bicyclic) bond motifs is 6. The van der Waals surface area contributed by atoms with Crippen LogP contribution < -0.4 is 4.90 Å². The molecule has 0 radical (unpaired) electrons. The first-order valence-corrected chi connectivity index (χ1v) is 16.6. The summed E-state index contributed by atoms with van der Waals surface area (Å²) in [5, 5.41) is 5.18. The Balaban J connectivity index is 0.00000141. The van der Waals surface area contributed by atoms with Crippen molar-refractivity contribution in [3.05, 3.63) is 138 Å². The standard InChI is InChI=1S/C36H22BrNS2.C2H6/c37-32-22-27(21-31-29-11-5-7-13-34(29)40-36(31)32)38(25-16-14-24(15-17-25)23-8-2-1-3-9-23)26-18-19-35-30(20-26)28-10-4-6-12-33(28)39-35;1-2/h1-22H;1-2H3. The Bertz CT molecular complexity index is 2180. The van der Waals surface area contributed by atoms with Crippen LogP contribution in [0.4, 0.5) is 17.1 Å². The van der Waals surface area contributed by atoms with E-state index in [2.05, 4.69) is 154 Å². The van der Waals surface area contributed by atoms with Gasteiger partial charge in [0.25, 0.3) is 0 Å². The van der Waals surface area contributed by atoms with Gasteiger partial charge in [0.1, 0.15) is 0 Å². The number of hydrogen-bond acceptors (Lipinski definition) is 3. The summed E-state index contributed by atoms with van der Waals surface area (Å²) in [5.74, 6) is 0. The molecular formula is C38H28BrNS2. The number of anilines is 3. The Morgan fingerprint density at radius 2 is 1.00 bits per heavy atom. The molecule has 4 heteroatoms. The van der Waals surface area contributed by atoms with E-state index in [1.54, 1.807) is 0 Å². The molecule has 0 aliphatic heterocycles. The van der Waals surface area contributed by atoms with E-state index in [0.29, 0.717) is 0 Å². The molecule has 8 rings (SSSR count). The zero-order valence-corrected chi connectivity index (χ0v) is 26.6. The van der Waals surface area contributed by atoms with E-state index in [1.807, 2.05) is 36.5 Å². The monoisotopic (exact) mass is 641 g/mol. The van der Waals surface area contributed by atoms with Gasteiger partial charge in [-0.2, -0.15) is 0 Å². The molecule has 0 bridgehead atoms. The first kappa shape index (κ1) is 26.9. The summed E-state index contributed by atoms with van der Waals surface area (Å²) < 4.78 is 6.34. The third-order valence-corrected chi connectivity index (χ3v) is 10.8. The molecule has 0 aliphatic rings. The van der Waals surface area contributed by atoms with E-state index in [4.69, 9.17) is 0 Å². The maximum absolute atomic E-state index is 3.93.